The average molecular weight is 262 g/mol. The first kappa shape index (κ1) is 10.3. The maximum Gasteiger partial charge on any atom is 0.335 e. The van der Waals surface area contributed by atoms with Gasteiger partial charge in [0.2, 0.25) is 0 Å². The summed E-state index contributed by atoms with van der Waals surface area (Å²) in [6.45, 7) is 3.43. The van der Waals surface area contributed by atoms with Crippen LogP contribution in [0.2, 0.25) is 5.02 Å². The highest BCUT2D eigenvalue weighted by Crippen LogP contribution is 2.25. The molecule has 0 aliphatic heterocycles. The zero-order valence-corrected chi connectivity index (χ0v) is 8.89. The number of benzene rings is 1. The van der Waals surface area contributed by atoms with Crippen LogP contribution in [0.5, 0.6) is 0 Å². The fraction of sp³-hybridized carbons (Fsp3) is 0. The number of hydrogen-bond acceptors (Lipinski definition) is 1. The molecule has 1 N–H and O–H groups in total. The quantitative estimate of drug-likeness (QED) is 0.830. The highest BCUT2D eigenvalue weighted by molar-refractivity contribution is 9.10. The number of carboxylic acids is 1. The Balaban J connectivity index is 3.11. The summed E-state index contributed by atoms with van der Waals surface area (Å²) in [5.41, 5.74) is 0.598. The van der Waals surface area contributed by atoms with Crippen LogP contribution < -0.4 is 0 Å². The van der Waals surface area contributed by atoms with Crippen LogP contribution in [0.3, 0.4) is 0 Å². The molecule has 2 nitrogen and oxygen atoms in total. The maximum absolute atomic E-state index is 10.5. The molecule has 68 valence electrons. The van der Waals surface area contributed by atoms with E-state index in [0.717, 1.165) is 0 Å². The summed E-state index contributed by atoms with van der Waals surface area (Å²) in [7, 11) is 0. The Hall–Kier alpha value is -0.800. The molecular weight excluding hydrogens is 255 g/mol. The Bertz CT molecular complexity index is 374. The molecule has 0 aliphatic rings. The minimum atomic E-state index is -1.03. The summed E-state index contributed by atoms with van der Waals surface area (Å²) in [5, 5.41) is 9.19. The minimum absolute atomic E-state index is 0.0531. The second-order valence-corrected chi connectivity index (χ2v) is 3.67. The van der Waals surface area contributed by atoms with E-state index in [0.29, 0.717) is 15.1 Å². The van der Waals surface area contributed by atoms with E-state index in [9.17, 15) is 4.79 Å². The number of carbonyl (C=O) groups is 1. The van der Waals surface area contributed by atoms with Gasteiger partial charge in [-0.1, -0.05) is 24.2 Å². The van der Waals surface area contributed by atoms with Crippen molar-refractivity contribution in [2.45, 2.75) is 0 Å². The van der Waals surface area contributed by atoms with Gasteiger partial charge in [0.25, 0.3) is 0 Å². The molecule has 0 radical (unpaired) electrons. The molecule has 0 unspecified atom stereocenters. The van der Waals surface area contributed by atoms with Crippen LogP contribution in [-0.4, -0.2) is 11.1 Å². The number of rotatable bonds is 2. The first-order valence-corrected chi connectivity index (χ1v) is 4.57. The predicted octanol–water partition coefficient (Wildman–Crippen LogP) is 3.20. The van der Waals surface area contributed by atoms with E-state index in [2.05, 4.69) is 22.5 Å². The van der Waals surface area contributed by atoms with Crippen LogP contribution >= 0.6 is 27.5 Å². The maximum atomic E-state index is 10.5. The number of halogens is 2. The van der Waals surface area contributed by atoms with E-state index >= 15 is 0 Å². The molecule has 4 heteroatoms. The molecule has 0 heterocycles. The Morgan fingerprint density at radius 2 is 2.15 bits per heavy atom. The monoisotopic (exact) mass is 260 g/mol. The van der Waals surface area contributed by atoms with E-state index in [-0.39, 0.29) is 5.57 Å². The van der Waals surface area contributed by atoms with Crippen LogP contribution in [-0.2, 0) is 4.79 Å². The van der Waals surface area contributed by atoms with Crippen LogP contribution in [0.25, 0.3) is 5.57 Å². The minimum Gasteiger partial charge on any atom is -0.478 e. The molecule has 1 aromatic rings. The van der Waals surface area contributed by atoms with Crippen molar-refractivity contribution in [3.63, 3.8) is 0 Å². The predicted molar refractivity (Wildman–Crippen MR) is 55.8 cm³/mol. The smallest absolute Gasteiger partial charge is 0.335 e. The van der Waals surface area contributed by atoms with Gasteiger partial charge in [-0.3, -0.25) is 0 Å². The van der Waals surface area contributed by atoms with Gasteiger partial charge in [-0.15, -0.1) is 0 Å². The van der Waals surface area contributed by atoms with Gasteiger partial charge in [-0.25, -0.2) is 4.79 Å². The lowest BCUT2D eigenvalue weighted by atomic mass is 10.1. The van der Waals surface area contributed by atoms with Gasteiger partial charge in [0.05, 0.1) is 10.6 Å². The zero-order chi connectivity index (χ0) is 10.0. The summed E-state index contributed by atoms with van der Waals surface area (Å²) >= 11 is 8.94. The normalized spacial score (nSPS) is 9.69. The fourth-order valence-electron chi connectivity index (χ4n) is 0.807. The topological polar surface area (TPSA) is 37.3 Å². The number of carboxylic acid groups (broad SMARTS) is 1. The van der Waals surface area contributed by atoms with E-state index in [1.54, 1.807) is 18.2 Å². The lowest BCUT2D eigenvalue weighted by molar-refractivity contribution is -0.130. The van der Waals surface area contributed by atoms with E-state index < -0.39 is 5.97 Å². The van der Waals surface area contributed by atoms with Crippen LogP contribution in [0.4, 0.5) is 0 Å². The van der Waals surface area contributed by atoms with Crippen LogP contribution in [0, 0.1) is 0 Å². The zero-order valence-electron chi connectivity index (χ0n) is 6.55. The Kier molecular flexibility index (Phi) is 3.12. The molecule has 0 saturated carbocycles. The molecule has 0 fully saturated rings. The van der Waals surface area contributed by atoms with E-state index in [1.165, 1.54) is 0 Å². The molecule has 0 spiro atoms. The van der Waals surface area contributed by atoms with Crippen molar-refractivity contribution < 1.29 is 9.90 Å². The molecule has 1 rings (SSSR count). The van der Waals surface area contributed by atoms with E-state index in [4.69, 9.17) is 16.7 Å². The van der Waals surface area contributed by atoms with Crippen molar-refractivity contribution in [2.75, 3.05) is 0 Å². The Morgan fingerprint density at radius 3 is 2.62 bits per heavy atom. The molecule has 0 bridgehead atoms. The molecule has 13 heavy (non-hydrogen) atoms. The van der Waals surface area contributed by atoms with Gasteiger partial charge in [-0.2, -0.15) is 0 Å². The van der Waals surface area contributed by atoms with Gasteiger partial charge in [0.15, 0.2) is 0 Å². The Labute approximate surface area is 89.0 Å². The first-order chi connectivity index (χ1) is 6.02. The second-order valence-electron chi connectivity index (χ2n) is 2.41. The van der Waals surface area contributed by atoms with Crippen molar-refractivity contribution >= 4 is 39.1 Å². The second kappa shape index (κ2) is 3.94. The molecular formula is C9H6BrClO2. The van der Waals surface area contributed by atoms with E-state index in [1.807, 2.05) is 0 Å². The summed E-state index contributed by atoms with van der Waals surface area (Å²) in [4.78, 5) is 10.5. The van der Waals surface area contributed by atoms with Crippen LogP contribution in [0.1, 0.15) is 5.56 Å². The summed E-state index contributed by atoms with van der Waals surface area (Å²) in [5.74, 6) is -1.03. The van der Waals surface area contributed by atoms with Gasteiger partial charge in [0, 0.05) is 4.47 Å². The molecule has 0 saturated heterocycles. The van der Waals surface area contributed by atoms with Crippen molar-refractivity contribution in [1.29, 1.82) is 0 Å². The third kappa shape index (κ3) is 2.32. The highest BCUT2D eigenvalue weighted by Gasteiger charge is 2.08. The van der Waals surface area contributed by atoms with Crippen molar-refractivity contribution in [2.24, 2.45) is 0 Å². The Morgan fingerprint density at radius 1 is 1.54 bits per heavy atom. The standard InChI is InChI=1S/C9H6BrClO2/c1-5(9(12)13)6-2-3-8(11)7(10)4-6/h2-4H,1H2,(H,12,13). The lowest BCUT2D eigenvalue weighted by Gasteiger charge is -2.01. The van der Waals surface area contributed by atoms with Crippen molar-refractivity contribution in [3.05, 3.63) is 39.8 Å². The fourth-order valence-corrected chi connectivity index (χ4v) is 1.30. The summed E-state index contributed by atoms with van der Waals surface area (Å²) in [6, 6.07) is 4.86. The van der Waals surface area contributed by atoms with Gasteiger partial charge < -0.3 is 5.11 Å². The lowest BCUT2D eigenvalue weighted by Crippen LogP contribution is -1.97. The number of aliphatic carboxylic acids is 1. The average Bonchev–Trinajstić information content (AvgIpc) is 2.08. The first-order valence-electron chi connectivity index (χ1n) is 3.40. The van der Waals surface area contributed by atoms with Gasteiger partial charge in [0.1, 0.15) is 0 Å². The van der Waals surface area contributed by atoms with Crippen molar-refractivity contribution in [3.8, 4) is 0 Å². The summed E-state index contributed by atoms with van der Waals surface area (Å²) < 4.78 is 0.661. The highest BCUT2D eigenvalue weighted by atomic mass is 79.9. The largest absolute Gasteiger partial charge is 0.478 e. The third-order valence-electron chi connectivity index (χ3n) is 1.53. The third-order valence-corrected chi connectivity index (χ3v) is 2.74. The summed E-state index contributed by atoms with van der Waals surface area (Å²) in [6.07, 6.45) is 0. The molecule has 1 aromatic carbocycles. The molecule has 0 aromatic heterocycles. The van der Waals surface area contributed by atoms with Gasteiger partial charge in [-0.05, 0) is 33.6 Å². The molecule has 0 aliphatic carbocycles. The molecule has 0 atom stereocenters. The SMILES string of the molecule is C=C(C(=O)O)c1ccc(Cl)c(Br)c1. The molecule has 0 amide bonds. The number of hydrogen-bond donors (Lipinski definition) is 1. The van der Waals surface area contributed by atoms with Gasteiger partial charge >= 0.3 is 5.97 Å². The van der Waals surface area contributed by atoms with Crippen LogP contribution in [0.15, 0.2) is 29.3 Å². The van der Waals surface area contributed by atoms with Crippen molar-refractivity contribution in [1.82, 2.24) is 0 Å².